The first-order valence-corrected chi connectivity index (χ1v) is 6.28. The molecule has 8 heteroatoms. The lowest BCUT2D eigenvalue weighted by Gasteiger charge is -2.25. The summed E-state index contributed by atoms with van der Waals surface area (Å²) >= 11 is 8.09. The summed E-state index contributed by atoms with van der Waals surface area (Å²) in [5.41, 5.74) is 0. The van der Waals surface area contributed by atoms with Gasteiger partial charge in [0.2, 0.25) is 0 Å². The van der Waals surface area contributed by atoms with Gasteiger partial charge in [-0.1, -0.05) is 0 Å². The van der Waals surface area contributed by atoms with Crippen LogP contribution in [0.2, 0.25) is 0 Å². The molecule has 0 fully saturated rings. The summed E-state index contributed by atoms with van der Waals surface area (Å²) in [6.07, 6.45) is -6.08. The number of hydrogen-bond donors (Lipinski definition) is 7. The van der Waals surface area contributed by atoms with Gasteiger partial charge in [-0.3, -0.25) is 0 Å². The molecule has 0 amide bonds. The van der Waals surface area contributed by atoms with Gasteiger partial charge in [-0.05, 0) is 0 Å². The van der Waals surface area contributed by atoms with Crippen molar-refractivity contribution in [2.45, 2.75) is 29.7 Å². The first kappa shape index (κ1) is 17.5. The lowest BCUT2D eigenvalue weighted by molar-refractivity contribution is -0.128. The molecule has 6 nitrogen and oxygen atoms in total. The van der Waals surface area contributed by atoms with E-state index in [0.29, 0.717) is 5.75 Å². The first-order valence-electron chi connectivity index (χ1n) is 5.13. The maximum Gasteiger partial charge on any atom is 0.111 e. The Kier molecular flexibility index (Phi) is 9.65. The fraction of sp³-hybridized carbons (Fsp3) is 1.00. The minimum Gasteiger partial charge on any atom is -0.394 e. The van der Waals surface area contributed by atoms with Crippen LogP contribution in [-0.2, 0) is 4.74 Å². The molecule has 5 N–H and O–H groups in total. The van der Waals surface area contributed by atoms with Gasteiger partial charge in [-0.15, -0.1) is 0 Å². The van der Waals surface area contributed by atoms with E-state index in [-0.39, 0.29) is 18.5 Å². The Bertz CT molecular complexity index is 196. The molecule has 0 bridgehead atoms. The van der Waals surface area contributed by atoms with Crippen LogP contribution in [0.25, 0.3) is 0 Å². The van der Waals surface area contributed by atoms with E-state index in [4.69, 9.17) is 14.9 Å². The van der Waals surface area contributed by atoms with Crippen molar-refractivity contribution in [3.05, 3.63) is 0 Å². The third-order valence-corrected chi connectivity index (χ3v) is 3.20. The Hall–Kier alpha value is 0.460. The van der Waals surface area contributed by atoms with Crippen molar-refractivity contribution < 1.29 is 30.3 Å². The maximum absolute atomic E-state index is 9.45. The average molecular weight is 288 g/mol. The topological polar surface area (TPSA) is 110 Å². The van der Waals surface area contributed by atoms with Crippen molar-refractivity contribution in [1.82, 2.24) is 0 Å². The molecule has 0 aromatic heterocycles. The van der Waals surface area contributed by atoms with Crippen LogP contribution >= 0.6 is 25.3 Å². The zero-order chi connectivity index (χ0) is 13.4. The molecule has 104 valence electrons. The normalized spacial score (nSPS) is 20.6. The van der Waals surface area contributed by atoms with Gasteiger partial charge in [-0.2, -0.15) is 25.3 Å². The third kappa shape index (κ3) is 6.82. The van der Waals surface area contributed by atoms with Crippen LogP contribution in [0.4, 0.5) is 0 Å². The molecule has 0 heterocycles. The van der Waals surface area contributed by atoms with Crippen LogP contribution in [0.5, 0.6) is 0 Å². The lowest BCUT2D eigenvalue weighted by atomic mass is 10.0. The Morgan fingerprint density at radius 2 is 1.47 bits per heavy atom. The van der Waals surface area contributed by atoms with Crippen molar-refractivity contribution >= 4 is 25.3 Å². The van der Waals surface area contributed by atoms with Crippen LogP contribution in [0.3, 0.4) is 0 Å². The highest BCUT2D eigenvalue weighted by Gasteiger charge is 2.30. The predicted octanol–water partition coefficient (Wildman–Crippen LogP) is -2.33. The Morgan fingerprint density at radius 3 is 1.94 bits per heavy atom. The minimum absolute atomic E-state index is 0.0874. The molecule has 0 radical (unpaired) electrons. The quantitative estimate of drug-likeness (QED) is 0.240. The van der Waals surface area contributed by atoms with Crippen LogP contribution < -0.4 is 0 Å². The summed E-state index contributed by atoms with van der Waals surface area (Å²) in [5.74, 6) is 0.508. The predicted molar refractivity (Wildman–Crippen MR) is 68.6 cm³/mol. The zero-order valence-electron chi connectivity index (χ0n) is 9.25. The highest BCUT2D eigenvalue weighted by Crippen LogP contribution is 2.06. The largest absolute Gasteiger partial charge is 0.394 e. The zero-order valence-corrected chi connectivity index (χ0v) is 11.0. The molecule has 0 aliphatic carbocycles. The summed E-state index contributed by atoms with van der Waals surface area (Å²) < 4.78 is 5.04. The molecule has 0 aromatic carbocycles. The molecule has 5 atom stereocenters. The number of aliphatic hydroxyl groups is 5. The van der Waals surface area contributed by atoms with E-state index in [0.717, 1.165) is 0 Å². The molecule has 17 heavy (non-hydrogen) atoms. The molecule has 0 aliphatic heterocycles. The van der Waals surface area contributed by atoms with Gasteiger partial charge in [0.1, 0.15) is 24.4 Å². The van der Waals surface area contributed by atoms with Crippen molar-refractivity contribution in [2.24, 2.45) is 0 Å². The van der Waals surface area contributed by atoms with Crippen molar-refractivity contribution in [3.63, 3.8) is 0 Å². The van der Waals surface area contributed by atoms with Crippen LogP contribution in [0.15, 0.2) is 0 Å². The molecular weight excluding hydrogens is 268 g/mol. The summed E-state index contributed by atoms with van der Waals surface area (Å²) in [7, 11) is 0. The highest BCUT2D eigenvalue weighted by molar-refractivity contribution is 7.84. The third-order valence-electron chi connectivity index (χ3n) is 2.14. The first-order chi connectivity index (χ1) is 7.93. The molecule has 0 spiro atoms. The monoisotopic (exact) mass is 288 g/mol. The van der Waals surface area contributed by atoms with Gasteiger partial charge in [0.15, 0.2) is 0 Å². The number of thiol groups is 2. The number of aliphatic hydroxyl groups excluding tert-OH is 5. The lowest BCUT2D eigenvalue weighted by Crippen LogP contribution is -2.47. The highest BCUT2D eigenvalue weighted by atomic mass is 32.1. The van der Waals surface area contributed by atoms with E-state index in [1.807, 2.05) is 0 Å². The van der Waals surface area contributed by atoms with E-state index in [1.54, 1.807) is 0 Å². The Labute approximate surface area is 111 Å². The minimum atomic E-state index is -1.63. The van der Waals surface area contributed by atoms with Gasteiger partial charge >= 0.3 is 0 Å². The second-order valence-corrected chi connectivity index (χ2v) is 4.77. The molecule has 1 unspecified atom stereocenters. The molecule has 0 saturated carbocycles. The van der Waals surface area contributed by atoms with E-state index in [2.05, 4.69) is 25.3 Å². The van der Waals surface area contributed by atoms with E-state index in [1.165, 1.54) is 0 Å². The fourth-order valence-corrected chi connectivity index (χ4v) is 1.25. The summed E-state index contributed by atoms with van der Waals surface area (Å²) in [5, 5.41) is 45.7. The number of hydrogen-bond acceptors (Lipinski definition) is 8. The second kappa shape index (κ2) is 9.40. The van der Waals surface area contributed by atoms with Crippen molar-refractivity contribution in [2.75, 3.05) is 25.6 Å². The van der Waals surface area contributed by atoms with Gasteiger partial charge in [0.25, 0.3) is 0 Å². The molecule has 0 rings (SSSR count). The Balaban J connectivity index is 3.92. The van der Waals surface area contributed by atoms with Crippen molar-refractivity contribution in [1.29, 1.82) is 0 Å². The SMILES string of the molecule is OC[C@@H](O)[C@@H](O)[C@H](O)[C@H](O)COCC(S)CS. The Morgan fingerprint density at radius 1 is 0.941 bits per heavy atom. The molecule has 0 saturated heterocycles. The summed E-state index contributed by atoms with van der Waals surface area (Å²) in [6.45, 7) is -0.666. The van der Waals surface area contributed by atoms with E-state index < -0.39 is 31.0 Å². The van der Waals surface area contributed by atoms with Crippen molar-refractivity contribution in [3.8, 4) is 0 Å². The maximum atomic E-state index is 9.45. The number of ether oxygens (including phenoxy) is 1. The van der Waals surface area contributed by atoms with Gasteiger partial charge < -0.3 is 30.3 Å². The fourth-order valence-electron chi connectivity index (χ4n) is 1.04. The standard InChI is InChI=1S/C9H20O6S2/c10-1-6(11)8(13)9(14)7(12)3-15-2-5(17)4-16/h5-14,16-17H,1-4H2/t5?,6-,7-,8-,9-/m1/s1. The van der Waals surface area contributed by atoms with E-state index in [9.17, 15) is 15.3 Å². The summed E-state index contributed by atoms with van der Waals surface area (Å²) in [6, 6.07) is 0. The van der Waals surface area contributed by atoms with Gasteiger partial charge in [-0.25, -0.2) is 0 Å². The molecule has 0 aromatic rings. The number of rotatable bonds is 9. The summed E-state index contributed by atoms with van der Waals surface area (Å²) in [4.78, 5) is 0. The smallest absolute Gasteiger partial charge is 0.111 e. The van der Waals surface area contributed by atoms with E-state index >= 15 is 0 Å². The van der Waals surface area contributed by atoms with Gasteiger partial charge in [0, 0.05) is 11.0 Å². The van der Waals surface area contributed by atoms with Crippen LogP contribution in [0.1, 0.15) is 0 Å². The molecular formula is C9H20O6S2. The average Bonchev–Trinajstić information content (AvgIpc) is 2.35. The van der Waals surface area contributed by atoms with Crippen LogP contribution in [-0.4, -0.2) is 80.8 Å². The van der Waals surface area contributed by atoms with Crippen LogP contribution in [0, 0.1) is 0 Å². The molecule has 0 aliphatic rings. The second-order valence-electron chi connectivity index (χ2n) is 3.67. The van der Waals surface area contributed by atoms with Gasteiger partial charge in [0.05, 0.1) is 19.8 Å².